The summed E-state index contributed by atoms with van der Waals surface area (Å²) in [4.78, 5) is 20.3. The number of hydrogen-bond acceptors (Lipinski definition) is 6. The summed E-state index contributed by atoms with van der Waals surface area (Å²) in [6.07, 6.45) is 1.93. The standard InChI is InChI=1S/C15H26N4O2/c1-5-12-18-14(16-6-2)11(4)15(19-12)17-10-8-9-13(20)21-7-3/h5-10H2,1-4H3,(H2,16,17,18,19). The molecule has 6 heteroatoms. The second kappa shape index (κ2) is 9.15. The second-order valence-electron chi connectivity index (χ2n) is 4.68. The summed E-state index contributed by atoms with van der Waals surface area (Å²) in [5.74, 6) is 2.37. The van der Waals surface area contributed by atoms with Crippen molar-refractivity contribution in [1.82, 2.24) is 9.97 Å². The van der Waals surface area contributed by atoms with Gasteiger partial charge in [-0.2, -0.15) is 0 Å². The normalized spacial score (nSPS) is 10.3. The third-order valence-corrected chi connectivity index (χ3v) is 3.01. The van der Waals surface area contributed by atoms with Crippen LogP contribution in [0.3, 0.4) is 0 Å². The van der Waals surface area contributed by atoms with Crippen LogP contribution in [0.25, 0.3) is 0 Å². The van der Waals surface area contributed by atoms with Crippen LogP contribution in [0, 0.1) is 6.92 Å². The van der Waals surface area contributed by atoms with Gasteiger partial charge in [0, 0.05) is 31.5 Å². The minimum absolute atomic E-state index is 0.152. The van der Waals surface area contributed by atoms with E-state index >= 15 is 0 Å². The predicted octanol–water partition coefficient (Wildman–Crippen LogP) is 2.53. The van der Waals surface area contributed by atoms with Crippen molar-refractivity contribution in [2.75, 3.05) is 30.3 Å². The average molecular weight is 294 g/mol. The van der Waals surface area contributed by atoms with Crippen LogP contribution in [-0.4, -0.2) is 35.6 Å². The number of aromatic nitrogens is 2. The summed E-state index contributed by atoms with van der Waals surface area (Å²) in [6, 6.07) is 0. The molecule has 0 saturated carbocycles. The van der Waals surface area contributed by atoms with E-state index in [1.165, 1.54) is 0 Å². The van der Waals surface area contributed by atoms with Gasteiger partial charge in [-0.05, 0) is 27.2 Å². The number of hydrogen-bond donors (Lipinski definition) is 2. The SMILES string of the molecule is CCNc1nc(CC)nc(NCCCC(=O)OCC)c1C. The van der Waals surface area contributed by atoms with Gasteiger partial charge in [0.2, 0.25) is 0 Å². The molecule has 1 aromatic heterocycles. The highest BCUT2D eigenvalue weighted by Gasteiger charge is 2.09. The lowest BCUT2D eigenvalue weighted by Gasteiger charge is -2.14. The highest BCUT2D eigenvalue weighted by Crippen LogP contribution is 2.20. The zero-order valence-corrected chi connectivity index (χ0v) is 13.5. The van der Waals surface area contributed by atoms with E-state index in [0.29, 0.717) is 19.6 Å². The zero-order chi connectivity index (χ0) is 15.7. The van der Waals surface area contributed by atoms with Crippen molar-refractivity contribution in [3.63, 3.8) is 0 Å². The van der Waals surface area contributed by atoms with Gasteiger partial charge in [-0.15, -0.1) is 0 Å². The first-order valence-corrected chi connectivity index (χ1v) is 7.63. The average Bonchev–Trinajstić information content (AvgIpc) is 2.47. The van der Waals surface area contributed by atoms with Crippen molar-refractivity contribution in [3.05, 3.63) is 11.4 Å². The van der Waals surface area contributed by atoms with Crippen LogP contribution in [0.15, 0.2) is 0 Å². The minimum atomic E-state index is -0.152. The van der Waals surface area contributed by atoms with Crippen molar-refractivity contribution >= 4 is 17.6 Å². The van der Waals surface area contributed by atoms with Gasteiger partial charge < -0.3 is 15.4 Å². The van der Waals surface area contributed by atoms with Crippen LogP contribution in [0.5, 0.6) is 0 Å². The molecule has 1 aromatic rings. The molecule has 0 spiro atoms. The van der Waals surface area contributed by atoms with Crippen molar-refractivity contribution < 1.29 is 9.53 Å². The van der Waals surface area contributed by atoms with Crippen LogP contribution >= 0.6 is 0 Å². The molecule has 0 saturated heterocycles. The number of esters is 1. The number of nitrogens with zero attached hydrogens (tertiary/aromatic N) is 2. The van der Waals surface area contributed by atoms with Gasteiger partial charge in [-0.25, -0.2) is 9.97 Å². The highest BCUT2D eigenvalue weighted by molar-refractivity contribution is 5.69. The second-order valence-corrected chi connectivity index (χ2v) is 4.68. The van der Waals surface area contributed by atoms with Gasteiger partial charge in [-0.1, -0.05) is 6.92 Å². The van der Waals surface area contributed by atoms with Crippen LogP contribution in [-0.2, 0) is 16.0 Å². The van der Waals surface area contributed by atoms with E-state index in [4.69, 9.17) is 4.74 Å². The lowest BCUT2D eigenvalue weighted by molar-refractivity contribution is -0.143. The monoisotopic (exact) mass is 294 g/mol. The molecule has 1 heterocycles. The Kier molecular flexibility index (Phi) is 7.50. The molecule has 0 bridgehead atoms. The molecule has 0 aliphatic heterocycles. The van der Waals surface area contributed by atoms with Crippen LogP contribution in [0.1, 0.15) is 45.0 Å². The third-order valence-electron chi connectivity index (χ3n) is 3.01. The Bertz CT molecular complexity index is 463. The number of ether oxygens (including phenoxy) is 1. The summed E-state index contributed by atoms with van der Waals surface area (Å²) in [6.45, 7) is 9.82. The van der Waals surface area contributed by atoms with E-state index in [-0.39, 0.29) is 5.97 Å². The first kappa shape index (κ1) is 17.2. The Hall–Kier alpha value is -1.85. The van der Waals surface area contributed by atoms with E-state index in [0.717, 1.165) is 42.4 Å². The van der Waals surface area contributed by atoms with Crippen LogP contribution < -0.4 is 10.6 Å². The maximum absolute atomic E-state index is 11.3. The summed E-state index contributed by atoms with van der Waals surface area (Å²) < 4.78 is 4.90. The summed E-state index contributed by atoms with van der Waals surface area (Å²) in [7, 11) is 0. The minimum Gasteiger partial charge on any atom is -0.466 e. The van der Waals surface area contributed by atoms with E-state index in [1.54, 1.807) is 0 Å². The van der Waals surface area contributed by atoms with Gasteiger partial charge in [0.25, 0.3) is 0 Å². The van der Waals surface area contributed by atoms with Crippen molar-refractivity contribution in [3.8, 4) is 0 Å². The summed E-state index contributed by atoms with van der Waals surface area (Å²) >= 11 is 0. The number of anilines is 2. The van der Waals surface area contributed by atoms with Gasteiger partial charge in [0.1, 0.15) is 17.5 Å². The van der Waals surface area contributed by atoms with Crippen molar-refractivity contribution in [2.24, 2.45) is 0 Å². The molecule has 2 N–H and O–H groups in total. The molecule has 0 aromatic carbocycles. The Morgan fingerprint density at radius 3 is 2.38 bits per heavy atom. The first-order chi connectivity index (χ1) is 10.1. The van der Waals surface area contributed by atoms with Gasteiger partial charge >= 0.3 is 5.97 Å². The topological polar surface area (TPSA) is 76.1 Å². The molecule has 0 amide bonds. The molecule has 0 radical (unpaired) electrons. The molecule has 0 fully saturated rings. The van der Waals surface area contributed by atoms with E-state index < -0.39 is 0 Å². The number of rotatable bonds is 9. The smallest absolute Gasteiger partial charge is 0.305 e. The zero-order valence-electron chi connectivity index (χ0n) is 13.5. The van der Waals surface area contributed by atoms with Crippen molar-refractivity contribution in [1.29, 1.82) is 0 Å². The largest absolute Gasteiger partial charge is 0.466 e. The molecule has 0 aliphatic rings. The molecular weight excluding hydrogens is 268 g/mol. The van der Waals surface area contributed by atoms with Gasteiger partial charge in [0.15, 0.2) is 0 Å². The van der Waals surface area contributed by atoms with E-state index in [2.05, 4.69) is 20.6 Å². The molecule has 0 aliphatic carbocycles. The maximum atomic E-state index is 11.3. The Balaban J connectivity index is 2.61. The Morgan fingerprint density at radius 1 is 1.14 bits per heavy atom. The van der Waals surface area contributed by atoms with E-state index in [9.17, 15) is 4.79 Å². The lowest BCUT2D eigenvalue weighted by Crippen LogP contribution is -2.13. The number of carbonyl (C=O) groups is 1. The van der Waals surface area contributed by atoms with Gasteiger partial charge in [-0.3, -0.25) is 4.79 Å². The number of aryl methyl sites for hydroxylation is 1. The summed E-state index contributed by atoms with van der Waals surface area (Å²) in [5.41, 5.74) is 1.00. The molecule has 6 nitrogen and oxygen atoms in total. The fourth-order valence-electron chi connectivity index (χ4n) is 1.91. The van der Waals surface area contributed by atoms with E-state index in [1.807, 2.05) is 27.7 Å². The molecular formula is C15H26N4O2. The van der Waals surface area contributed by atoms with Gasteiger partial charge in [0.05, 0.1) is 6.61 Å². The summed E-state index contributed by atoms with van der Waals surface area (Å²) in [5, 5.41) is 6.54. The van der Waals surface area contributed by atoms with Crippen LogP contribution in [0.2, 0.25) is 0 Å². The third kappa shape index (κ3) is 5.57. The molecule has 1 rings (SSSR count). The highest BCUT2D eigenvalue weighted by atomic mass is 16.5. The van der Waals surface area contributed by atoms with Crippen molar-refractivity contribution in [2.45, 2.75) is 47.0 Å². The number of carbonyl (C=O) groups excluding carboxylic acids is 1. The first-order valence-electron chi connectivity index (χ1n) is 7.63. The maximum Gasteiger partial charge on any atom is 0.305 e. The Morgan fingerprint density at radius 2 is 1.81 bits per heavy atom. The number of nitrogens with one attached hydrogen (secondary N) is 2. The molecule has 21 heavy (non-hydrogen) atoms. The fourth-order valence-corrected chi connectivity index (χ4v) is 1.91. The molecule has 0 atom stereocenters. The van der Waals surface area contributed by atoms with Crippen LogP contribution in [0.4, 0.5) is 11.6 Å². The molecule has 118 valence electrons. The quantitative estimate of drug-likeness (QED) is 0.538. The molecule has 0 unspecified atom stereocenters. The lowest BCUT2D eigenvalue weighted by atomic mass is 10.2. The fraction of sp³-hybridized carbons (Fsp3) is 0.667. The predicted molar refractivity (Wildman–Crippen MR) is 84.7 cm³/mol. The Labute approximate surface area is 126 Å².